The van der Waals surface area contributed by atoms with Crippen LogP contribution in [0.25, 0.3) is 10.8 Å². The van der Waals surface area contributed by atoms with Crippen LogP contribution in [0.15, 0.2) is 81.1 Å². The fourth-order valence-electron chi connectivity index (χ4n) is 2.45. The molecule has 0 saturated carbocycles. The number of hydrogen-bond acceptors (Lipinski definition) is 3. The molecule has 0 saturated heterocycles. The summed E-state index contributed by atoms with van der Waals surface area (Å²) in [5.74, 6) is -1.29. The molecule has 0 fully saturated rings. The average molecular weight is 424 g/mol. The second-order valence-corrected chi connectivity index (χ2v) is 8.40. The van der Waals surface area contributed by atoms with Crippen molar-refractivity contribution in [3.8, 4) is 0 Å². The first-order valence-electron chi connectivity index (χ1n) is 7.65. The molecule has 4 nitrogen and oxygen atoms in total. The zero-order valence-corrected chi connectivity index (χ0v) is 15.9. The number of hydrogen-bond donors (Lipinski definition) is 1. The molecule has 3 aromatic carbocycles. The molecule has 0 aliphatic heterocycles. The SMILES string of the molecule is O=C(NC(=C(Cl)Cl)S(=O)(=O)c1ccc(F)cc1)c1ccc2ccccc2c1. The van der Waals surface area contributed by atoms with Crippen molar-refractivity contribution >= 4 is 49.7 Å². The monoisotopic (exact) mass is 423 g/mol. The number of carbonyl (C=O) groups excluding carboxylic acids is 1. The zero-order valence-electron chi connectivity index (χ0n) is 13.6. The van der Waals surface area contributed by atoms with E-state index in [1.165, 1.54) is 0 Å². The van der Waals surface area contributed by atoms with Gasteiger partial charge in [-0.25, -0.2) is 12.8 Å². The highest BCUT2D eigenvalue weighted by molar-refractivity contribution is 7.95. The first kappa shape index (κ1) is 19.4. The molecule has 27 heavy (non-hydrogen) atoms. The van der Waals surface area contributed by atoms with Crippen LogP contribution < -0.4 is 5.32 Å². The molecule has 0 bridgehead atoms. The highest BCUT2D eigenvalue weighted by atomic mass is 35.5. The molecule has 3 rings (SSSR count). The third kappa shape index (κ3) is 4.13. The Morgan fingerprint density at radius 3 is 2.15 bits per heavy atom. The van der Waals surface area contributed by atoms with E-state index >= 15 is 0 Å². The smallest absolute Gasteiger partial charge is 0.256 e. The van der Waals surface area contributed by atoms with Crippen LogP contribution in [0.2, 0.25) is 0 Å². The van der Waals surface area contributed by atoms with E-state index in [1.54, 1.807) is 18.2 Å². The third-order valence-electron chi connectivity index (χ3n) is 3.80. The van der Waals surface area contributed by atoms with E-state index in [-0.39, 0.29) is 10.5 Å². The molecule has 0 spiro atoms. The quantitative estimate of drug-likeness (QED) is 0.613. The Labute approximate surface area is 165 Å². The van der Waals surface area contributed by atoms with Crippen LogP contribution in [0.4, 0.5) is 4.39 Å². The van der Waals surface area contributed by atoms with Gasteiger partial charge in [0.1, 0.15) is 10.3 Å². The van der Waals surface area contributed by atoms with Gasteiger partial charge in [0.2, 0.25) is 9.84 Å². The lowest BCUT2D eigenvalue weighted by atomic mass is 10.1. The minimum absolute atomic E-state index is 0.232. The number of halogens is 3. The zero-order chi connectivity index (χ0) is 19.6. The predicted octanol–water partition coefficient (Wildman–Crippen LogP) is 4.79. The maximum Gasteiger partial charge on any atom is 0.256 e. The van der Waals surface area contributed by atoms with Crippen molar-refractivity contribution in [3.63, 3.8) is 0 Å². The van der Waals surface area contributed by atoms with E-state index < -0.39 is 31.1 Å². The molecule has 0 unspecified atom stereocenters. The van der Waals surface area contributed by atoms with Gasteiger partial charge in [0.25, 0.3) is 5.91 Å². The predicted molar refractivity (Wildman–Crippen MR) is 104 cm³/mol. The molecule has 138 valence electrons. The molecule has 0 aliphatic rings. The molecule has 0 heterocycles. The van der Waals surface area contributed by atoms with Crippen molar-refractivity contribution < 1.29 is 17.6 Å². The number of fused-ring (bicyclic) bond motifs is 1. The summed E-state index contributed by atoms with van der Waals surface area (Å²) in [5, 5.41) is 3.32. The highest BCUT2D eigenvalue weighted by Crippen LogP contribution is 2.25. The van der Waals surface area contributed by atoms with Crippen LogP contribution in [0, 0.1) is 5.82 Å². The maximum atomic E-state index is 13.1. The van der Waals surface area contributed by atoms with Crippen molar-refractivity contribution in [2.75, 3.05) is 0 Å². The number of sulfone groups is 1. The lowest BCUT2D eigenvalue weighted by Gasteiger charge is -2.12. The van der Waals surface area contributed by atoms with Crippen LogP contribution in [0.3, 0.4) is 0 Å². The molecule has 3 aromatic rings. The molecule has 0 atom stereocenters. The van der Waals surface area contributed by atoms with Gasteiger partial charge in [-0.15, -0.1) is 0 Å². The van der Waals surface area contributed by atoms with Crippen molar-refractivity contribution in [2.45, 2.75) is 4.90 Å². The summed E-state index contributed by atoms with van der Waals surface area (Å²) in [6.45, 7) is 0. The topological polar surface area (TPSA) is 63.2 Å². The van der Waals surface area contributed by atoms with Crippen LogP contribution in [0.1, 0.15) is 10.4 Å². The van der Waals surface area contributed by atoms with Gasteiger partial charge in [-0.3, -0.25) is 4.79 Å². The Kier molecular flexibility index (Phi) is 5.51. The number of benzene rings is 3. The Morgan fingerprint density at radius 1 is 0.889 bits per heavy atom. The summed E-state index contributed by atoms with van der Waals surface area (Å²) in [6.07, 6.45) is 0. The second kappa shape index (κ2) is 7.68. The average Bonchev–Trinajstić information content (AvgIpc) is 2.65. The van der Waals surface area contributed by atoms with Crippen molar-refractivity contribution in [1.29, 1.82) is 0 Å². The maximum absolute atomic E-state index is 13.1. The van der Waals surface area contributed by atoms with Crippen molar-refractivity contribution in [1.82, 2.24) is 5.32 Å². The number of amides is 1. The Hall–Kier alpha value is -2.41. The van der Waals surface area contributed by atoms with Gasteiger partial charge >= 0.3 is 0 Å². The standard InChI is InChI=1S/C19H12Cl2FNO3S/c20-17(21)19(27(25,26)16-9-7-15(22)8-10-16)23-18(24)14-6-5-12-3-1-2-4-13(12)11-14/h1-11H,(H,23,24). The number of rotatable bonds is 4. The molecule has 1 amide bonds. The van der Waals surface area contributed by atoms with Crippen LogP contribution >= 0.6 is 23.2 Å². The summed E-state index contributed by atoms with van der Waals surface area (Å²) in [6, 6.07) is 16.4. The number of nitrogens with one attached hydrogen (secondary N) is 1. The van der Waals surface area contributed by atoms with E-state index in [4.69, 9.17) is 23.2 Å². The molecule has 8 heteroatoms. The van der Waals surface area contributed by atoms with E-state index in [9.17, 15) is 17.6 Å². The van der Waals surface area contributed by atoms with Gasteiger partial charge in [-0.1, -0.05) is 53.5 Å². The minimum atomic E-state index is -4.25. The second-order valence-electron chi connectivity index (χ2n) is 5.56. The Bertz CT molecular complexity index is 1160. The van der Waals surface area contributed by atoms with E-state index in [0.717, 1.165) is 35.0 Å². The Balaban J connectivity index is 1.95. The van der Waals surface area contributed by atoms with Crippen LogP contribution in [-0.4, -0.2) is 14.3 Å². The van der Waals surface area contributed by atoms with E-state index in [1.807, 2.05) is 24.3 Å². The third-order valence-corrected chi connectivity index (χ3v) is 6.14. The normalized spacial score (nSPS) is 11.2. The number of carbonyl (C=O) groups is 1. The van der Waals surface area contributed by atoms with Crippen molar-refractivity contribution in [3.05, 3.63) is 87.6 Å². The van der Waals surface area contributed by atoms with Crippen molar-refractivity contribution in [2.24, 2.45) is 0 Å². The minimum Gasteiger partial charge on any atom is -0.310 e. The summed E-state index contributed by atoms with van der Waals surface area (Å²) in [7, 11) is -4.25. The Morgan fingerprint density at radius 2 is 1.52 bits per heavy atom. The van der Waals surface area contributed by atoms with Crippen LogP contribution in [0.5, 0.6) is 0 Å². The summed E-state index contributed by atoms with van der Waals surface area (Å²) in [4.78, 5) is 12.3. The lowest BCUT2D eigenvalue weighted by Crippen LogP contribution is -2.28. The molecule has 0 aromatic heterocycles. The lowest BCUT2D eigenvalue weighted by molar-refractivity contribution is 0.0968. The van der Waals surface area contributed by atoms with Crippen LogP contribution in [-0.2, 0) is 9.84 Å². The van der Waals surface area contributed by atoms with Gasteiger partial charge < -0.3 is 5.32 Å². The van der Waals surface area contributed by atoms with Gasteiger partial charge in [0.15, 0.2) is 5.03 Å². The first-order valence-corrected chi connectivity index (χ1v) is 9.89. The largest absolute Gasteiger partial charge is 0.310 e. The fourth-order valence-corrected chi connectivity index (χ4v) is 4.32. The van der Waals surface area contributed by atoms with Gasteiger partial charge in [-0.2, -0.15) is 0 Å². The molecule has 0 aliphatic carbocycles. The highest BCUT2D eigenvalue weighted by Gasteiger charge is 2.26. The molecule has 0 radical (unpaired) electrons. The van der Waals surface area contributed by atoms with E-state index in [0.29, 0.717) is 0 Å². The summed E-state index contributed by atoms with van der Waals surface area (Å²) < 4.78 is 37.8. The fraction of sp³-hybridized carbons (Fsp3) is 0. The van der Waals surface area contributed by atoms with E-state index in [2.05, 4.69) is 5.32 Å². The van der Waals surface area contributed by atoms with Gasteiger partial charge in [-0.05, 0) is 47.2 Å². The summed E-state index contributed by atoms with van der Waals surface area (Å²) in [5.41, 5.74) is 0.232. The summed E-state index contributed by atoms with van der Waals surface area (Å²) >= 11 is 11.4. The van der Waals surface area contributed by atoms with Gasteiger partial charge in [0.05, 0.1) is 4.90 Å². The first-order chi connectivity index (χ1) is 12.8. The molecular weight excluding hydrogens is 412 g/mol. The molecular formula is C19H12Cl2FNO3S. The van der Waals surface area contributed by atoms with Gasteiger partial charge in [0, 0.05) is 5.56 Å². The molecule has 1 N–H and O–H groups in total.